The maximum atomic E-state index is 5.59. The van der Waals surface area contributed by atoms with Gasteiger partial charge in [-0.05, 0) is 38.2 Å². The lowest BCUT2D eigenvalue weighted by atomic mass is 9.99. The minimum atomic E-state index is 0.211. The molecule has 7 heteroatoms. The van der Waals surface area contributed by atoms with Crippen molar-refractivity contribution in [3.8, 4) is 11.5 Å². The zero-order chi connectivity index (χ0) is 19.0. The summed E-state index contributed by atoms with van der Waals surface area (Å²) < 4.78 is 11.3. The average Bonchev–Trinajstić information content (AvgIpc) is 3.20. The fourth-order valence-corrected chi connectivity index (χ4v) is 3.83. The van der Waals surface area contributed by atoms with E-state index in [4.69, 9.17) is 9.15 Å². The molecule has 0 saturated carbocycles. The normalized spacial score (nSPS) is 16.9. The van der Waals surface area contributed by atoms with Gasteiger partial charge in [-0.15, -0.1) is 0 Å². The van der Waals surface area contributed by atoms with E-state index >= 15 is 0 Å². The van der Waals surface area contributed by atoms with Crippen molar-refractivity contribution >= 4 is 17.7 Å². The predicted octanol–water partition coefficient (Wildman–Crippen LogP) is 3.31. The van der Waals surface area contributed by atoms with Gasteiger partial charge in [-0.3, -0.25) is 0 Å². The molecule has 1 fully saturated rings. The molecular formula is C20H28N4O2S. The molecule has 0 bridgehead atoms. The molecule has 146 valence electrons. The van der Waals surface area contributed by atoms with Crippen molar-refractivity contribution in [2.45, 2.75) is 31.1 Å². The van der Waals surface area contributed by atoms with Crippen LogP contribution in [0.5, 0.6) is 0 Å². The Kier molecular flexibility index (Phi) is 7.18. The number of rotatable bonds is 7. The summed E-state index contributed by atoms with van der Waals surface area (Å²) >= 11 is 1.92. The van der Waals surface area contributed by atoms with E-state index in [1.54, 1.807) is 6.26 Å². The quantitative estimate of drug-likeness (QED) is 0.560. The summed E-state index contributed by atoms with van der Waals surface area (Å²) in [4.78, 5) is 9.21. The predicted molar refractivity (Wildman–Crippen MR) is 111 cm³/mol. The third-order valence-electron chi connectivity index (χ3n) is 4.73. The third kappa shape index (κ3) is 5.49. The second-order valence-electron chi connectivity index (χ2n) is 6.56. The van der Waals surface area contributed by atoms with E-state index in [0.717, 1.165) is 56.4 Å². The highest BCUT2D eigenvalue weighted by Crippen LogP contribution is 2.32. The molecule has 2 aromatic rings. The fourth-order valence-electron chi connectivity index (χ4n) is 3.04. The smallest absolute Gasteiger partial charge is 0.226 e. The fraction of sp³-hybridized carbons (Fsp3) is 0.500. The van der Waals surface area contributed by atoms with Crippen LogP contribution in [0.3, 0.4) is 0 Å². The molecule has 27 heavy (non-hydrogen) atoms. The molecule has 2 N–H and O–H groups in total. The number of hydrogen-bond donors (Lipinski definition) is 2. The van der Waals surface area contributed by atoms with Crippen molar-refractivity contribution in [2.24, 2.45) is 4.99 Å². The molecule has 1 aromatic carbocycles. The van der Waals surface area contributed by atoms with Crippen LogP contribution in [0.15, 0.2) is 46.0 Å². The molecule has 0 spiro atoms. The first-order chi connectivity index (χ1) is 13.2. The van der Waals surface area contributed by atoms with Crippen LogP contribution in [0.4, 0.5) is 0 Å². The number of nitrogens with one attached hydrogen (secondary N) is 2. The highest BCUT2D eigenvalue weighted by Gasteiger charge is 2.31. The van der Waals surface area contributed by atoms with Crippen molar-refractivity contribution < 1.29 is 9.15 Å². The molecule has 0 aliphatic carbocycles. The lowest BCUT2D eigenvalue weighted by Gasteiger charge is -2.36. The van der Waals surface area contributed by atoms with Crippen molar-refractivity contribution in [1.82, 2.24) is 15.6 Å². The number of oxazole rings is 1. The summed E-state index contributed by atoms with van der Waals surface area (Å²) in [6.07, 6.45) is 5.98. The van der Waals surface area contributed by atoms with Gasteiger partial charge in [-0.1, -0.05) is 18.2 Å². The second-order valence-corrected chi connectivity index (χ2v) is 7.83. The van der Waals surface area contributed by atoms with Gasteiger partial charge in [0.2, 0.25) is 5.89 Å². The van der Waals surface area contributed by atoms with Gasteiger partial charge >= 0.3 is 0 Å². The monoisotopic (exact) mass is 388 g/mol. The van der Waals surface area contributed by atoms with E-state index in [1.165, 1.54) is 0 Å². The molecule has 1 aliphatic rings. The zero-order valence-electron chi connectivity index (χ0n) is 16.0. The number of ether oxygens (including phenoxy) is 1. The third-order valence-corrected chi connectivity index (χ3v) is 6.15. The van der Waals surface area contributed by atoms with Crippen LogP contribution in [-0.2, 0) is 11.3 Å². The zero-order valence-corrected chi connectivity index (χ0v) is 16.8. The van der Waals surface area contributed by atoms with Crippen molar-refractivity contribution in [3.63, 3.8) is 0 Å². The molecule has 3 rings (SSSR count). The Morgan fingerprint density at radius 1 is 1.22 bits per heavy atom. The molecule has 6 nitrogen and oxygen atoms in total. The summed E-state index contributed by atoms with van der Waals surface area (Å²) in [5.74, 6) is 1.43. The molecule has 0 atom stereocenters. The van der Waals surface area contributed by atoms with Gasteiger partial charge in [-0.25, -0.2) is 9.98 Å². The Bertz CT molecular complexity index is 727. The van der Waals surface area contributed by atoms with Crippen LogP contribution in [-0.4, -0.2) is 48.2 Å². The van der Waals surface area contributed by atoms with E-state index in [0.29, 0.717) is 12.4 Å². The van der Waals surface area contributed by atoms with Gasteiger partial charge < -0.3 is 19.8 Å². The molecule has 1 aromatic heterocycles. The van der Waals surface area contributed by atoms with Crippen LogP contribution < -0.4 is 10.6 Å². The number of hydrogen-bond acceptors (Lipinski definition) is 5. The Labute approximate surface area is 165 Å². The average molecular weight is 389 g/mol. The summed E-state index contributed by atoms with van der Waals surface area (Å²) in [7, 11) is 0. The number of guanidine groups is 1. The van der Waals surface area contributed by atoms with Crippen molar-refractivity contribution in [1.29, 1.82) is 0 Å². The highest BCUT2D eigenvalue weighted by atomic mass is 32.2. The van der Waals surface area contributed by atoms with Gasteiger partial charge in [0.05, 0.1) is 6.54 Å². The summed E-state index contributed by atoms with van der Waals surface area (Å²) in [6.45, 7) is 5.89. The number of thioether (sulfide) groups is 1. The van der Waals surface area contributed by atoms with Crippen LogP contribution in [0.2, 0.25) is 0 Å². The Hall–Kier alpha value is -1.99. The number of aliphatic imine (C=N–C) groups is 1. The number of nitrogens with zero attached hydrogens (tertiary/aromatic N) is 2. The van der Waals surface area contributed by atoms with Crippen molar-refractivity contribution in [2.75, 3.05) is 32.6 Å². The van der Waals surface area contributed by atoms with Gasteiger partial charge in [0.15, 0.2) is 5.96 Å². The molecule has 0 unspecified atom stereocenters. The molecule has 0 radical (unpaired) electrons. The Morgan fingerprint density at radius 3 is 2.70 bits per heavy atom. The molecule has 1 saturated heterocycles. The molecule has 2 heterocycles. The van der Waals surface area contributed by atoms with Gasteiger partial charge in [0, 0.05) is 36.6 Å². The second kappa shape index (κ2) is 9.80. The van der Waals surface area contributed by atoms with Gasteiger partial charge in [0.1, 0.15) is 12.0 Å². The van der Waals surface area contributed by atoms with E-state index in [2.05, 4.69) is 33.8 Å². The topological polar surface area (TPSA) is 71.7 Å². The maximum Gasteiger partial charge on any atom is 0.226 e. The number of benzene rings is 1. The minimum Gasteiger partial charge on any atom is -0.444 e. The lowest BCUT2D eigenvalue weighted by Crippen LogP contribution is -2.47. The van der Waals surface area contributed by atoms with Crippen LogP contribution in [0, 0.1) is 0 Å². The van der Waals surface area contributed by atoms with Crippen LogP contribution >= 0.6 is 11.8 Å². The standard InChI is InChI=1S/C20H28N4O2S/c1-3-21-19(23-15-20(27-2)9-11-25-12-10-20)22-13-17-14-26-18(24-17)16-7-5-4-6-8-16/h4-8,14H,3,9-13,15H2,1-2H3,(H2,21,22,23). The van der Waals surface area contributed by atoms with E-state index in [9.17, 15) is 0 Å². The Balaban J connectivity index is 1.61. The molecule has 1 aliphatic heterocycles. The van der Waals surface area contributed by atoms with Gasteiger partial charge in [0.25, 0.3) is 0 Å². The van der Waals surface area contributed by atoms with Crippen LogP contribution in [0.1, 0.15) is 25.5 Å². The van der Waals surface area contributed by atoms with Gasteiger partial charge in [-0.2, -0.15) is 11.8 Å². The SMILES string of the molecule is CCNC(=NCc1coc(-c2ccccc2)n1)NCC1(SC)CCOCC1. The molecule has 0 amide bonds. The minimum absolute atomic E-state index is 0.211. The summed E-state index contributed by atoms with van der Waals surface area (Å²) in [6, 6.07) is 9.90. The van der Waals surface area contributed by atoms with E-state index in [-0.39, 0.29) is 4.75 Å². The van der Waals surface area contributed by atoms with E-state index in [1.807, 2.05) is 42.1 Å². The lowest BCUT2D eigenvalue weighted by molar-refractivity contribution is 0.0783. The van der Waals surface area contributed by atoms with Crippen LogP contribution in [0.25, 0.3) is 11.5 Å². The van der Waals surface area contributed by atoms with E-state index < -0.39 is 0 Å². The van der Waals surface area contributed by atoms with Crippen molar-refractivity contribution in [3.05, 3.63) is 42.3 Å². The summed E-state index contributed by atoms with van der Waals surface area (Å²) in [5.41, 5.74) is 1.79. The Morgan fingerprint density at radius 2 is 2.00 bits per heavy atom. The first kappa shape index (κ1) is 19.8. The largest absolute Gasteiger partial charge is 0.444 e. The first-order valence-electron chi connectivity index (χ1n) is 9.39. The highest BCUT2D eigenvalue weighted by molar-refractivity contribution is 8.00. The first-order valence-corrected chi connectivity index (χ1v) is 10.6. The number of aromatic nitrogens is 1. The maximum absolute atomic E-state index is 5.59. The molecular weight excluding hydrogens is 360 g/mol. The summed E-state index contributed by atoms with van der Waals surface area (Å²) in [5, 5.41) is 6.81.